The predicted octanol–water partition coefficient (Wildman–Crippen LogP) is 2.49. The van der Waals surface area contributed by atoms with Gasteiger partial charge in [0.1, 0.15) is 0 Å². The third-order valence-electron chi connectivity index (χ3n) is 2.91. The molecule has 22 heavy (non-hydrogen) atoms. The van der Waals surface area contributed by atoms with Gasteiger partial charge in [-0.1, -0.05) is 13.8 Å². The first-order valence-corrected chi connectivity index (χ1v) is 10.1. The first kappa shape index (κ1) is 22.0. The minimum Gasteiger partial charge on any atom is -0.379 e. The van der Waals surface area contributed by atoms with Gasteiger partial charge in [-0.25, -0.2) is 0 Å². The molecule has 6 nitrogen and oxygen atoms in total. The van der Waals surface area contributed by atoms with E-state index in [-0.39, 0.29) is 5.54 Å². The van der Waals surface area contributed by atoms with Crippen molar-refractivity contribution < 1.29 is 27.5 Å². The molecule has 0 aromatic carbocycles. The summed E-state index contributed by atoms with van der Waals surface area (Å²) in [6.07, 6.45) is 0. The van der Waals surface area contributed by atoms with E-state index < -0.39 is 8.80 Å². The van der Waals surface area contributed by atoms with E-state index in [0.717, 1.165) is 0 Å². The number of hydrogen-bond donors (Lipinski definition) is 0. The van der Waals surface area contributed by atoms with E-state index in [1.165, 1.54) is 0 Å². The summed E-state index contributed by atoms with van der Waals surface area (Å²) in [5.41, 5.74) is 0.164. The van der Waals surface area contributed by atoms with Gasteiger partial charge in [-0.2, -0.15) is 0 Å². The molecule has 0 saturated heterocycles. The second kappa shape index (κ2) is 14.6. The number of hydrogen-bond acceptors (Lipinski definition) is 6. The molecule has 0 aromatic heterocycles. The maximum atomic E-state index is 6.01. The topological polar surface area (TPSA) is 55.4 Å². The Morgan fingerprint density at radius 2 is 0.909 bits per heavy atom. The molecule has 0 aliphatic heterocycles. The standard InChI is InChI=1S/C15H34O6Si/c1-6-16-9-12-19-22(15(4)5,20-13-10-17-7-2)21-14-11-18-8-3/h15H,6-14H2,1-5H3. The van der Waals surface area contributed by atoms with Crippen LogP contribution < -0.4 is 0 Å². The Labute approximate surface area is 136 Å². The zero-order valence-electron chi connectivity index (χ0n) is 14.9. The Morgan fingerprint density at radius 3 is 1.14 bits per heavy atom. The monoisotopic (exact) mass is 338 g/mol. The summed E-state index contributed by atoms with van der Waals surface area (Å²) in [5.74, 6) is 0. The van der Waals surface area contributed by atoms with Gasteiger partial charge in [0.25, 0.3) is 0 Å². The van der Waals surface area contributed by atoms with E-state index >= 15 is 0 Å². The van der Waals surface area contributed by atoms with Gasteiger partial charge in [-0.15, -0.1) is 0 Å². The fourth-order valence-corrected chi connectivity index (χ4v) is 4.14. The van der Waals surface area contributed by atoms with Crippen LogP contribution in [0.5, 0.6) is 0 Å². The van der Waals surface area contributed by atoms with Crippen LogP contribution >= 0.6 is 0 Å². The average molecular weight is 339 g/mol. The molecule has 0 fully saturated rings. The van der Waals surface area contributed by atoms with Crippen LogP contribution in [-0.4, -0.2) is 68.3 Å². The Hall–Kier alpha value is -0.0231. The minimum absolute atomic E-state index is 0.164. The highest BCUT2D eigenvalue weighted by Crippen LogP contribution is 2.25. The highest BCUT2D eigenvalue weighted by atomic mass is 28.4. The van der Waals surface area contributed by atoms with E-state index in [1.54, 1.807) is 0 Å². The summed E-state index contributed by atoms with van der Waals surface area (Å²) >= 11 is 0. The zero-order valence-corrected chi connectivity index (χ0v) is 15.9. The first-order valence-electron chi connectivity index (χ1n) is 8.28. The van der Waals surface area contributed by atoms with Crippen LogP contribution in [-0.2, 0) is 27.5 Å². The van der Waals surface area contributed by atoms with Crippen molar-refractivity contribution in [1.82, 2.24) is 0 Å². The Bertz CT molecular complexity index is 209. The molecule has 7 heteroatoms. The summed E-state index contributed by atoms with van der Waals surface area (Å²) in [4.78, 5) is 0. The summed E-state index contributed by atoms with van der Waals surface area (Å²) in [6, 6.07) is 0. The largest absolute Gasteiger partial charge is 0.503 e. The lowest BCUT2D eigenvalue weighted by Gasteiger charge is -2.32. The summed E-state index contributed by atoms with van der Waals surface area (Å²) in [7, 11) is -2.76. The van der Waals surface area contributed by atoms with Crippen LogP contribution in [0.1, 0.15) is 34.6 Å². The molecule has 0 aliphatic carbocycles. The maximum Gasteiger partial charge on any atom is 0.503 e. The van der Waals surface area contributed by atoms with Gasteiger partial charge < -0.3 is 27.5 Å². The fraction of sp³-hybridized carbons (Fsp3) is 1.00. The van der Waals surface area contributed by atoms with E-state index in [2.05, 4.69) is 13.8 Å². The van der Waals surface area contributed by atoms with E-state index in [4.69, 9.17) is 27.5 Å². The molecule has 0 bridgehead atoms. The molecule has 0 atom stereocenters. The molecule has 0 spiro atoms. The highest BCUT2D eigenvalue weighted by molar-refractivity contribution is 6.62. The molecule has 0 aromatic rings. The normalized spacial score (nSPS) is 12.3. The van der Waals surface area contributed by atoms with Gasteiger partial charge in [-0.3, -0.25) is 0 Å². The van der Waals surface area contributed by atoms with Crippen LogP contribution in [0.2, 0.25) is 5.54 Å². The van der Waals surface area contributed by atoms with Crippen molar-refractivity contribution in [3.05, 3.63) is 0 Å². The summed E-state index contributed by atoms with van der Waals surface area (Å²) < 4.78 is 34.0. The van der Waals surface area contributed by atoms with Crippen molar-refractivity contribution in [2.75, 3.05) is 59.5 Å². The molecule has 0 heterocycles. The smallest absolute Gasteiger partial charge is 0.379 e. The molecule has 0 amide bonds. The number of rotatable bonds is 16. The minimum atomic E-state index is -2.76. The van der Waals surface area contributed by atoms with Gasteiger partial charge in [-0.05, 0) is 20.8 Å². The van der Waals surface area contributed by atoms with E-state index in [9.17, 15) is 0 Å². The van der Waals surface area contributed by atoms with Gasteiger partial charge in [0, 0.05) is 25.4 Å². The Morgan fingerprint density at radius 1 is 0.591 bits per heavy atom. The molecule has 0 rings (SSSR count). The molecule has 0 radical (unpaired) electrons. The first-order chi connectivity index (χ1) is 10.6. The van der Waals surface area contributed by atoms with Crippen LogP contribution in [0.15, 0.2) is 0 Å². The lowest BCUT2D eigenvalue weighted by molar-refractivity contribution is -0.000628. The molecule has 0 unspecified atom stereocenters. The lowest BCUT2D eigenvalue weighted by atomic mass is 10.6. The van der Waals surface area contributed by atoms with Crippen LogP contribution in [0.4, 0.5) is 0 Å². The van der Waals surface area contributed by atoms with Gasteiger partial charge in [0.05, 0.1) is 39.6 Å². The Kier molecular flexibility index (Phi) is 14.5. The third kappa shape index (κ3) is 9.89. The molecule has 134 valence electrons. The van der Waals surface area contributed by atoms with Gasteiger partial charge in [0.15, 0.2) is 0 Å². The van der Waals surface area contributed by atoms with Crippen molar-refractivity contribution in [3.8, 4) is 0 Å². The molecule has 0 N–H and O–H groups in total. The molecular weight excluding hydrogens is 304 g/mol. The van der Waals surface area contributed by atoms with Crippen LogP contribution in [0.25, 0.3) is 0 Å². The maximum absolute atomic E-state index is 6.01. The van der Waals surface area contributed by atoms with Crippen molar-refractivity contribution >= 4 is 8.80 Å². The quantitative estimate of drug-likeness (QED) is 0.318. The van der Waals surface area contributed by atoms with Crippen molar-refractivity contribution in [2.24, 2.45) is 0 Å². The van der Waals surface area contributed by atoms with E-state index in [1.807, 2.05) is 20.8 Å². The number of ether oxygens (including phenoxy) is 3. The lowest BCUT2D eigenvalue weighted by Crippen LogP contribution is -2.50. The zero-order chi connectivity index (χ0) is 16.7. The third-order valence-corrected chi connectivity index (χ3v) is 6.15. The van der Waals surface area contributed by atoms with Crippen LogP contribution in [0, 0.1) is 0 Å². The average Bonchev–Trinajstić information content (AvgIpc) is 2.51. The summed E-state index contributed by atoms with van der Waals surface area (Å²) in [5, 5.41) is 0. The van der Waals surface area contributed by atoms with Crippen molar-refractivity contribution in [3.63, 3.8) is 0 Å². The molecular formula is C15H34O6Si. The Balaban J connectivity index is 4.48. The highest BCUT2D eigenvalue weighted by Gasteiger charge is 2.45. The second-order valence-electron chi connectivity index (χ2n) is 4.89. The summed E-state index contributed by atoms with van der Waals surface area (Å²) in [6.45, 7) is 15.1. The fourth-order valence-electron chi connectivity index (χ4n) is 1.79. The SMILES string of the molecule is CCOCCO[Si](OCCOCC)(OCCOCC)C(C)C. The van der Waals surface area contributed by atoms with Gasteiger partial charge in [0.2, 0.25) is 0 Å². The van der Waals surface area contributed by atoms with Gasteiger partial charge >= 0.3 is 8.80 Å². The van der Waals surface area contributed by atoms with Crippen molar-refractivity contribution in [1.29, 1.82) is 0 Å². The van der Waals surface area contributed by atoms with E-state index in [0.29, 0.717) is 59.5 Å². The molecule has 0 saturated carbocycles. The van der Waals surface area contributed by atoms with Crippen LogP contribution in [0.3, 0.4) is 0 Å². The second-order valence-corrected chi connectivity index (χ2v) is 8.12. The molecule has 0 aliphatic rings. The predicted molar refractivity (Wildman–Crippen MR) is 88.2 cm³/mol. The van der Waals surface area contributed by atoms with Crippen molar-refractivity contribution in [2.45, 2.75) is 40.2 Å².